The van der Waals surface area contributed by atoms with E-state index in [0.717, 1.165) is 27.5 Å². The quantitative estimate of drug-likeness (QED) is 0.776. The highest BCUT2D eigenvalue weighted by molar-refractivity contribution is 6.31. The molecule has 122 valence electrons. The van der Waals surface area contributed by atoms with Gasteiger partial charge in [0.15, 0.2) is 0 Å². The molecule has 23 heavy (non-hydrogen) atoms. The van der Waals surface area contributed by atoms with Gasteiger partial charge in [0.05, 0.1) is 6.54 Å². The van der Waals surface area contributed by atoms with Crippen molar-refractivity contribution in [3.63, 3.8) is 0 Å². The fourth-order valence-corrected chi connectivity index (χ4v) is 2.41. The topological polar surface area (TPSA) is 38.3 Å². The van der Waals surface area contributed by atoms with Gasteiger partial charge in [0, 0.05) is 11.4 Å². The van der Waals surface area contributed by atoms with Crippen LogP contribution in [0.1, 0.15) is 23.1 Å². The zero-order valence-corrected chi connectivity index (χ0v) is 14.3. The molecule has 2 aromatic carbocycles. The largest absolute Gasteiger partial charge is 0.492 e. The summed E-state index contributed by atoms with van der Waals surface area (Å²) >= 11 is 6.08. The first-order valence-electron chi connectivity index (χ1n) is 7.76. The van der Waals surface area contributed by atoms with Gasteiger partial charge >= 0.3 is 0 Å². The van der Waals surface area contributed by atoms with Gasteiger partial charge in [-0.1, -0.05) is 35.9 Å². The second-order valence-electron chi connectivity index (χ2n) is 5.60. The molecule has 1 N–H and O–H groups in total. The van der Waals surface area contributed by atoms with Gasteiger partial charge < -0.3 is 10.1 Å². The van der Waals surface area contributed by atoms with E-state index in [1.165, 1.54) is 0 Å². The third kappa shape index (κ3) is 5.95. The average molecular weight is 332 g/mol. The highest BCUT2D eigenvalue weighted by atomic mass is 35.5. The van der Waals surface area contributed by atoms with Crippen LogP contribution < -0.4 is 10.1 Å². The Hall–Kier alpha value is -2.00. The molecule has 0 saturated heterocycles. The highest BCUT2D eigenvalue weighted by Crippen LogP contribution is 2.17. The molecule has 0 unspecified atom stereocenters. The summed E-state index contributed by atoms with van der Waals surface area (Å²) < 4.78 is 5.60. The van der Waals surface area contributed by atoms with Crippen LogP contribution >= 0.6 is 11.6 Å². The molecule has 0 atom stereocenters. The molecule has 0 radical (unpaired) electrons. The first-order chi connectivity index (χ1) is 11.0. The van der Waals surface area contributed by atoms with E-state index in [1.54, 1.807) is 0 Å². The third-order valence-corrected chi connectivity index (χ3v) is 3.97. The van der Waals surface area contributed by atoms with Gasteiger partial charge in [0.25, 0.3) is 0 Å². The number of carbonyl (C=O) groups is 1. The van der Waals surface area contributed by atoms with Crippen LogP contribution in [0.5, 0.6) is 5.75 Å². The number of amides is 1. The van der Waals surface area contributed by atoms with Gasteiger partial charge in [-0.25, -0.2) is 0 Å². The van der Waals surface area contributed by atoms with Crippen molar-refractivity contribution in [2.75, 3.05) is 13.2 Å². The van der Waals surface area contributed by atoms with E-state index in [-0.39, 0.29) is 5.91 Å². The van der Waals surface area contributed by atoms with Crippen LogP contribution in [0.2, 0.25) is 5.02 Å². The average Bonchev–Trinajstić information content (AvgIpc) is 2.53. The van der Waals surface area contributed by atoms with E-state index in [4.69, 9.17) is 16.3 Å². The summed E-state index contributed by atoms with van der Waals surface area (Å²) in [6, 6.07) is 13.8. The van der Waals surface area contributed by atoms with Crippen molar-refractivity contribution >= 4 is 17.5 Å². The summed E-state index contributed by atoms with van der Waals surface area (Å²) in [5, 5.41) is 3.61. The standard InChI is InChI=1S/C19H22ClNO2/c1-14-4-3-5-17(12-14)23-11-10-21-19(22)9-8-16-7-6-15(2)18(20)13-16/h3-7,12-13H,8-11H2,1-2H3,(H,21,22). The van der Waals surface area contributed by atoms with Gasteiger partial charge in [-0.05, 0) is 55.2 Å². The lowest BCUT2D eigenvalue weighted by molar-refractivity contribution is -0.121. The van der Waals surface area contributed by atoms with Crippen LogP contribution in [0.25, 0.3) is 0 Å². The monoisotopic (exact) mass is 331 g/mol. The smallest absolute Gasteiger partial charge is 0.220 e. The molecule has 0 aliphatic carbocycles. The lowest BCUT2D eigenvalue weighted by atomic mass is 10.1. The first-order valence-corrected chi connectivity index (χ1v) is 8.13. The summed E-state index contributed by atoms with van der Waals surface area (Å²) in [5.41, 5.74) is 3.28. The van der Waals surface area contributed by atoms with Gasteiger partial charge in [0.2, 0.25) is 5.91 Å². The fraction of sp³-hybridized carbons (Fsp3) is 0.316. The minimum atomic E-state index is 0.0227. The van der Waals surface area contributed by atoms with Crippen molar-refractivity contribution in [1.82, 2.24) is 5.32 Å². The lowest BCUT2D eigenvalue weighted by Crippen LogP contribution is -2.28. The molecule has 2 aromatic rings. The Kier molecular flexibility index (Phi) is 6.48. The number of benzene rings is 2. The van der Waals surface area contributed by atoms with E-state index < -0.39 is 0 Å². The highest BCUT2D eigenvalue weighted by Gasteiger charge is 2.04. The molecule has 2 rings (SSSR count). The number of carbonyl (C=O) groups excluding carboxylic acids is 1. The summed E-state index contributed by atoms with van der Waals surface area (Å²) in [6.07, 6.45) is 1.13. The second kappa shape index (κ2) is 8.59. The van der Waals surface area contributed by atoms with E-state index in [9.17, 15) is 4.79 Å². The fourth-order valence-electron chi connectivity index (χ4n) is 2.20. The predicted molar refractivity (Wildman–Crippen MR) is 94.2 cm³/mol. The molecule has 3 nitrogen and oxygen atoms in total. The Morgan fingerprint density at radius 1 is 1.17 bits per heavy atom. The number of halogens is 1. The SMILES string of the molecule is Cc1cccc(OCCNC(=O)CCc2ccc(C)c(Cl)c2)c1. The third-order valence-electron chi connectivity index (χ3n) is 3.56. The minimum absolute atomic E-state index is 0.0227. The molecule has 0 spiro atoms. The van der Waals surface area contributed by atoms with Crippen LogP contribution in [0.3, 0.4) is 0 Å². The molecule has 1 amide bonds. The van der Waals surface area contributed by atoms with E-state index in [1.807, 2.05) is 56.3 Å². The lowest BCUT2D eigenvalue weighted by Gasteiger charge is -2.08. The van der Waals surface area contributed by atoms with E-state index >= 15 is 0 Å². The molecular formula is C19H22ClNO2. The second-order valence-corrected chi connectivity index (χ2v) is 6.01. The molecule has 0 heterocycles. The zero-order chi connectivity index (χ0) is 16.7. The van der Waals surface area contributed by atoms with E-state index in [2.05, 4.69) is 5.32 Å². The van der Waals surface area contributed by atoms with Gasteiger partial charge in [-0.2, -0.15) is 0 Å². The van der Waals surface area contributed by atoms with Crippen LogP contribution in [0.15, 0.2) is 42.5 Å². The molecule has 0 aliphatic rings. The Balaban J connectivity index is 1.66. The minimum Gasteiger partial charge on any atom is -0.492 e. The van der Waals surface area contributed by atoms with Crippen molar-refractivity contribution in [3.05, 3.63) is 64.2 Å². The van der Waals surface area contributed by atoms with E-state index in [0.29, 0.717) is 26.0 Å². The normalized spacial score (nSPS) is 10.4. The van der Waals surface area contributed by atoms with Crippen molar-refractivity contribution in [1.29, 1.82) is 0 Å². The van der Waals surface area contributed by atoms with Crippen LogP contribution in [0, 0.1) is 13.8 Å². The Labute approximate surface area is 142 Å². The molecular weight excluding hydrogens is 310 g/mol. The summed E-state index contributed by atoms with van der Waals surface area (Å²) in [6.45, 7) is 4.95. The van der Waals surface area contributed by atoms with Crippen LogP contribution in [-0.2, 0) is 11.2 Å². The maximum Gasteiger partial charge on any atom is 0.220 e. The number of hydrogen-bond donors (Lipinski definition) is 1. The Bertz CT molecular complexity index is 670. The number of rotatable bonds is 7. The molecule has 4 heteroatoms. The summed E-state index contributed by atoms with van der Waals surface area (Å²) in [7, 11) is 0. The molecule has 0 bridgehead atoms. The van der Waals surface area contributed by atoms with Crippen molar-refractivity contribution in [3.8, 4) is 5.75 Å². The maximum atomic E-state index is 11.8. The first kappa shape index (κ1) is 17.4. The van der Waals surface area contributed by atoms with Crippen molar-refractivity contribution < 1.29 is 9.53 Å². The number of nitrogens with one attached hydrogen (secondary N) is 1. The number of aryl methyl sites for hydroxylation is 3. The van der Waals surface area contributed by atoms with Gasteiger partial charge in [-0.15, -0.1) is 0 Å². The molecule has 0 aliphatic heterocycles. The van der Waals surface area contributed by atoms with Gasteiger partial charge in [0.1, 0.15) is 12.4 Å². The van der Waals surface area contributed by atoms with Gasteiger partial charge in [-0.3, -0.25) is 4.79 Å². The maximum absolute atomic E-state index is 11.8. The molecule has 0 saturated carbocycles. The molecule has 0 fully saturated rings. The summed E-state index contributed by atoms with van der Waals surface area (Å²) in [5.74, 6) is 0.850. The Morgan fingerprint density at radius 2 is 2.00 bits per heavy atom. The van der Waals surface area contributed by atoms with Crippen molar-refractivity contribution in [2.45, 2.75) is 26.7 Å². The van der Waals surface area contributed by atoms with Crippen LogP contribution in [0.4, 0.5) is 0 Å². The Morgan fingerprint density at radius 3 is 2.74 bits per heavy atom. The number of ether oxygens (including phenoxy) is 1. The zero-order valence-electron chi connectivity index (χ0n) is 13.6. The van der Waals surface area contributed by atoms with Crippen LogP contribution in [-0.4, -0.2) is 19.1 Å². The summed E-state index contributed by atoms with van der Waals surface area (Å²) in [4.78, 5) is 11.8. The predicted octanol–water partition coefficient (Wildman–Crippen LogP) is 4.08. The van der Waals surface area contributed by atoms with Crippen molar-refractivity contribution in [2.24, 2.45) is 0 Å². The molecule has 0 aromatic heterocycles. The number of hydrogen-bond acceptors (Lipinski definition) is 2.